The highest BCUT2D eigenvalue weighted by atomic mass is 35.5. The molecule has 0 N–H and O–H groups in total. The topological polar surface area (TPSA) is 52.6 Å². The Hall–Kier alpha value is -2.85. The summed E-state index contributed by atoms with van der Waals surface area (Å²) in [5, 5.41) is 0.0621. The second-order valence-electron chi connectivity index (χ2n) is 5.82. The molecule has 0 saturated heterocycles. The van der Waals surface area contributed by atoms with Gasteiger partial charge >= 0.3 is 11.9 Å². The summed E-state index contributed by atoms with van der Waals surface area (Å²) in [5.41, 5.74) is 3.37. The summed E-state index contributed by atoms with van der Waals surface area (Å²) >= 11 is 6.45. The molecule has 0 aromatic heterocycles. The molecule has 27 heavy (non-hydrogen) atoms. The monoisotopic (exact) mass is 382 g/mol. The number of fused-ring (bicyclic) bond motifs is 1. The molecule has 0 radical (unpaired) electrons. The van der Waals surface area contributed by atoms with Crippen molar-refractivity contribution < 1.29 is 19.1 Å². The normalized spacial score (nSPS) is 10.6. The van der Waals surface area contributed by atoms with E-state index < -0.39 is 11.9 Å². The number of hydrogen-bond acceptors (Lipinski definition) is 4. The molecule has 0 atom stereocenters. The highest BCUT2D eigenvalue weighted by Gasteiger charge is 2.31. The Morgan fingerprint density at radius 2 is 1.33 bits per heavy atom. The highest BCUT2D eigenvalue weighted by molar-refractivity contribution is 6.39. The fourth-order valence-corrected chi connectivity index (χ4v) is 3.38. The molecule has 138 valence electrons. The lowest BCUT2D eigenvalue weighted by atomic mass is 10.0. The minimum atomic E-state index is -0.562. The Balaban J connectivity index is 2.27. The Labute approximate surface area is 163 Å². The van der Waals surface area contributed by atoms with Gasteiger partial charge in [0.1, 0.15) is 0 Å². The zero-order chi connectivity index (χ0) is 19.4. The van der Waals surface area contributed by atoms with Crippen LogP contribution in [0.15, 0.2) is 54.6 Å². The van der Waals surface area contributed by atoms with E-state index >= 15 is 0 Å². The van der Waals surface area contributed by atoms with Gasteiger partial charge in [-0.25, -0.2) is 9.59 Å². The molecule has 3 rings (SSSR count). The van der Waals surface area contributed by atoms with Gasteiger partial charge in [0, 0.05) is 0 Å². The molecule has 1 aromatic rings. The first-order valence-electron chi connectivity index (χ1n) is 8.73. The molecule has 2 aliphatic rings. The minimum absolute atomic E-state index is 0.0621. The van der Waals surface area contributed by atoms with Crippen LogP contribution in [0.1, 0.15) is 34.6 Å². The van der Waals surface area contributed by atoms with Crippen molar-refractivity contribution in [1.29, 1.82) is 0 Å². The van der Waals surface area contributed by atoms with E-state index in [1.165, 1.54) is 0 Å². The summed E-state index contributed by atoms with van der Waals surface area (Å²) in [6.45, 7) is 3.86. The molecular weight excluding hydrogens is 364 g/mol. The maximum Gasteiger partial charge on any atom is 0.340 e. The van der Waals surface area contributed by atoms with Crippen molar-refractivity contribution >= 4 is 23.5 Å². The van der Waals surface area contributed by atoms with Crippen LogP contribution in [0.4, 0.5) is 0 Å². The molecule has 1 aromatic carbocycles. The van der Waals surface area contributed by atoms with Gasteiger partial charge in [0.05, 0.1) is 29.4 Å². The smallest absolute Gasteiger partial charge is 0.340 e. The maximum atomic E-state index is 12.6. The molecular formula is C22H19ClO4. The van der Waals surface area contributed by atoms with Crippen LogP contribution >= 0.6 is 11.6 Å². The van der Waals surface area contributed by atoms with Crippen LogP contribution < -0.4 is 0 Å². The number of halogens is 1. The molecule has 5 heteroatoms. The van der Waals surface area contributed by atoms with Crippen molar-refractivity contribution in [3.05, 3.63) is 70.7 Å². The summed E-state index contributed by atoms with van der Waals surface area (Å²) in [6, 6.07) is 17.1. The van der Waals surface area contributed by atoms with E-state index in [1.54, 1.807) is 19.9 Å². The average Bonchev–Trinajstić information content (AvgIpc) is 2.79. The Kier molecular flexibility index (Phi) is 5.77. The second kappa shape index (κ2) is 8.23. The fraction of sp³-hybridized carbons (Fsp3) is 0.182. The third-order valence-electron chi connectivity index (χ3n) is 4.17. The zero-order valence-electron chi connectivity index (χ0n) is 15.1. The van der Waals surface area contributed by atoms with Gasteiger partial charge in [-0.15, -0.1) is 0 Å². The summed E-state index contributed by atoms with van der Waals surface area (Å²) in [5.74, 6) is -1.12. The van der Waals surface area contributed by atoms with Crippen LogP contribution in [0.2, 0.25) is 5.02 Å². The lowest BCUT2D eigenvalue weighted by molar-refractivity contribution is 0.0525. The van der Waals surface area contributed by atoms with Crippen molar-refractivity contribution in [2.75, 3.05) is 13.2 Å². The number of carbonyl (C=O) groups excluding carboxylic acids is 2. The third kappa shape index (κ3) is 3.67. The zero-order valence-corrected chi connectivity index (χ0v) is 15.9. The molecule has 0 bridgehead atoms. The Bertz CT molecular complexity index is 950. The fourth-order valence-electron chi connectivity index (χ4n) is 3.02. The number of ether oxygens (including phenoxy) is 2. The van der Waals surface area contributed by atoms with E-state index in [4.69, 9.17) is 21.1 Å². The lowest BCUT2D eigenvalue weighted by Crippen LogP contribution is -2.06. The van der Waals surface area contributed by atoms with Crippen LogP contribution in [-0.2, 0) is 9.47 Å². The Morgan fingerprint density at radius 1 is 0.778 bits per heavy atom. The molecule has 0 amide bonds. The number of rotatable bonds is 5. The van der Waals surface area contributed by atoms with Crippen LogP contribution in [0.3, 0.4) is 0 Å². The number of carbonyl (C=O) groups is 2. The largest absolute Gasteiger partial charge is 0.462 e. The molecule has 0 heterocycles. The van der Waals surface area contributed by atoms with Crippen molar-refractivity contribution in [2.45, 2.75) is 13.8 Å². The third-order valence-corrected chi connectivity index (χ3v) is 4.55. The van der Waals surface area contributed by atoms with Gasteiger partial charge in [-0.2, -0.15) is 0 Å². The predicted octanol–water partition coefficient (Wildman–Crippen LogP) is 5.47. The van der Waals surface area contributed by atoms with Gasteiger partial charge in [-0.1, -0.05) is 60.1 Å². The first kappa shape index (κ1) is 18.9. The Morgan fingerprint density at radius 3 is 1.93 bits per heavy atom. The molecule has 0 aliphatic heterocycles. The maximum absolute atomic E-state index is 12.6. The average molecular weight is 383 g/mol. The van der Waals surface area contributed by atoms with E-state index in [-0.39, 0.29) is 29.4 Å². The van der Waals surface area contributed by atoms with E-state index in [1.807, 2.05) is 48.5 Å². The van der Waals surface area contributed by atoms with E-state index in [0.29, 0.717) is 11.1 Å². The quantitative estimate of drug-likeness (QED) is 0.549. The van der Waals surface area contributed by atoms with Crippen LogP contribution in [0.25, 0.3) is 22.3 Å². The molecule has 0 unspecified atom stereocenters. The van der Waals surface area contributed by atoms with Crippen LogP contribution in [0, 0.1) is 0 Å². The van der Waals surface area contributed by atoms with Gasteiger partial charge in [0.15, 0.2) is 0 Å². The van der Waals surface area contributed by atoms with Gasteiger partial charge in [0.25, 0.3) is 0 Å². The SMILES string of the molecule is CCOC(=O)c1c2cccc(-c3ccccc3)cc-2c(C(=O)OCC)c1Cl. The standard InChI is InChI=1S/C22H19ClO4/c1-3-26-21(24)18-16-12-8-11-15(14-9-6-5-7-10-14)13-17(16)19(20(18)23)22(25)27-4-2/h5-13H,3-4H2,1-2H3. The lowest BCUT2D eigenvalue weighted by Gasteiger charge is -2.04. The summed E-state index contributed by atoms with van der Waals surface area (Å²) in [7, 11) is 0. The van der Waals surface area contributed by atoms with Crippen molar-refractivity contribution in [2.24, 2.45) is 0 Å². The molecule has 4 nitrogen and oxygen atoms in total. The summed E-state index contributed by atoms with van der Waals surface area (Å²) in [6.07, 6.45) is 0. The van der Waals surface area contributed by atoms with Crippen LogP contribution in [0.5, 0.6) is 0 Å². The van der Waals surface area contributed by atoms with Gasteiger partial charge in [-0.05, 0) is 42.2 Å². The van der Waals surface area contributed by atoms with Crippen LogP contribution in [-0.4, -0.2) is 25.2 Å². The predicted molar refractivity (Wildman–Crippen MR) is 105 cm³/mol. The van der Waals surface area contributed by atoms with Gasteiger partial charge < -0.3 is 9.47 Å². The number of benzene rings is 1. The van der Waals surface area contributed by atoms with Crippen molar-refractivity contribution in [3.63, 3.8) is 0 Å². The minimum Gasteiger partial charge on any atom is -0.462 e. The molecule has 0 spiro atoms. The molecule has 0 fully saturated rings. The second-order valence-corrected chi connectivity index (χ2v) is 6.20. The summed E-state index contributed by atoms with van der Waals surface area (Å²) < 4.78 is 10.3. The van der Waals surface area contributed by atoms with Crippen molar-refractivity contribution in [3.8, 4) is 22.3 Å². The van der Waals surface area contributed by atoms with Gasteiger partial charge in [-0.3, -0.25) is 0 Å². The number of esters is 2. The summed E-state index contributed by atoms with van der Waals surface area (Å²) in [4.78, 5) is 25.0. The highest BCUT2D eigenvalue weighted by Crippen LogP contribution is 2.42. The first-order chi connectivity index (χ1) is 13.1. The molecule has 2 aliphatic carbocycles. The van der Waals surface area contributed by atoms with Crippen molar-refractivity contribution in [1.82, 2.24) is 0 Å². The van der Waals surface area contributed by atoms with E-state index in [2.05, 4.69) is 0 Å². The van der Waals surface area contributed by atoms with Gasteiger partial charge in [0.2, 0.25) is 0 Å². The van der Waals surface area contributed by atoms with E-state index in [0.717, 1.165) is 11.1 Å². The first-order valence-corrected chi connectivity index (χ1v) is 9.11. The number of hydrogen-bond donors (Lipinski definition) is 0. The molecule has 0 saturated carbocycles. The van der Waals surface area contributed by atoms with E-state index in [9.17, 15) is 9.59 Å².